The fourth-order valence-corrected chi connectivity index (χ4v) is 0.909. The highest BCUT2D eigenvalue weighted by Crippen LogP contribution is 2.10. The molecule has 0 saturated carbocycles. The van der Waals surface area contributed by atoms with E-state index in [1.54, 1.807) is 12.1 Å². The molecule has 0 spiro atoms. The van der Waals surface area contributed by atoms with Gasteiger partial charge in [0.05, 0.1) is 11.1 Å². The van der Waals surface area contributed by atoms with Crippen LogP contribution in [-0.2, 0) is 0 Å². The second kappa shape index (κ2) is 5.80. The average Bonchev–Trinajstić information content (AvgIpc) is 2.20. The first-order chi connectivity index (χ1) is 6.29. The summed E-state index contributed by atoms with van der Waals surface area (Å²) >= 11 is 0. The van der Waals surface area contributed by atoms with Crippen molar-refractivity contribution in [3.8, 4) is 12.1 Å². The molecule has 2 heteroatoms. The highest BCUT2D eigenvalue weighted by molar-refractivity contribution is 5.49. The molecular formula is C11H12N2. The third-order valence-electron chi connectivity index (χ3n) is 1.51. The molecule has 0 aliphatic heterocycles. The number of aryl methyl sites for hydroxylation is 1. The molecule has 0 N–H and O–H groups in total. The van der Waals surface area contributed by atoms with E-state index in [1.807, 2.05) is 39.0 Å². The van der Waals surface area contributed by atoms with Gasteiger partial charge in [-0.3, -0.25) is 0 Å². The molecule has 0 aliphatic carbocycles. The van der Waals surface area contributed by atoms with Crippen LogP contribution in [0.5, 0.6) is 0 Å². The summed E-state index contributed by atoms with van der Waals surface area (Å²) in [5, 5.41) is 17.2. The Kier molecular flexibility index (Phi) is 5.00. The van der Waals surface area contributed by atoms with Crippen LogP contribution in [0.25, 0.3) is 0 Å². The van der Waals surface area contributed by atoms with E-state index in [9.17, 15) is 0 Å². The summed E-state index contributed by atoms with van der Waals surface area (Å²) < 4.78 is 0. The molecule has 0 aromatic heterocycles. The van der Waals surface area contributed by atoms with Crippen molar-refractivity contribution in [2.45, 2.75) is 20.8 Å². The van der Waals surface area contributed by atoms with Gasteiger partial charge in [-0.15, -0.1) is 0 Å². The Morgan fingerprint density at radius 2 is 1.69 bits per heavy atom. The van der Waals surface area contributed by atoms with Gasteiger partial charge in [0.1, 0.15) is 12.1 Å². The highest BCUT2D eigenvalue weighted by Gasteiger charge is 2.01. The van der Waals surface area contributed by atoms with E-state index in [-0.39, 0.29) is 0 Å². The maximum absolute atomic E-state index is 8.63. The van der Waals surface area contributed by atoms with Gasteiger partial charge in [-0.2, -0.15) is 10.5 Å². The van der Waals surface area contributed by atoms with Gasteiger partial charge in [0, 0.05) is 0 Å². The number of hydrogen-bond donors (Lipinski definition) is 0. The molecule has 0 amide bonds. The number of nitrogens with zero attached hydrogens (tertiary/aromatic N) is 2. The minimum atomic E-state index is 0.451. The van der Waals surface area contributed by atoms with E-state index in [2.05, 4.69) is 0 Å². The van der Waals surface area contributed by atoms with Gasteiger partial charge in [0.25, 0.3) is 0 Å². The maximum atomic E-state index is 8.63. The zero-order valence-corrected chi connectivity index (χ0v) is 8.13. The molecule has 0 radical (unpaired) electrons. The first-order valence-electron chi connectivity index (χ1n) is 4.19. The van der Waals surface area contributed by atoms with E-state index in [0.29, 0.717) is 11.1 Å². The lowest BCUT2D eigenvalue weighted by atomic mass is 10.0. The van der Waals surface area contributed by atoms with E-state index in [4.69, 9.17) is 10.5 Å². The molecule has 2 nitrogen and oxygen atoms in total. The van der Waals surface area contributed by atoms with Crippen molar-refractivity contribution in [1.82, 2.24) is 0 Å². The highest BCUT2D eigenvalue weighted by atomic mass is 14.3. The van der Waals surface area contributed by atoms with Crippen LogP contribution in [0.15, 0.2) is 18.2 Å². The maximum Gasteiger partial charge on any atom is 0.101 e. The van der Waals surface area contributed by atoms with Crippen LogP contribution in [0, 0.1) is 29.6 Å². The standard InChI is InChI=1S/C9H6N2.C2H6/c1-7-3-2-4-8(5-10)9(7)6-11;1-2/h2-4H,1H3;1-2H3. The van der Waals surface area contributed by atoms with E-state index >= 15 is 0 Å². The van der Waals surface area contributed by atoms with Crippen molar-refractivity contribution in [3.63, 3.8) is 0 Å². The zero-order valence-electron chi connectivity index (χ0n) is 8.13. The van der Waals surface area contributed by atoms with Crippen molar-refractivity contribution >= 4 is 0 Å². The summed E-state index contributed by atoms with van der Waals surface area (Å²) in [5.41, 5.74) is 1.79. The topological polar surface area (TPSA) is 47.6 Å². The minimum absolute atomic E-state index is 0.451. The Balaban J connectivity index is 0.000000671. The van der Waals surface area contributed by atoms with Gasteiger partial charge >= 0.3 is 0 Å². The van der Waals surface area contributed by atoms with Crippen molar-refractivity contribution in [2.75, 3.05) is 0 Å². The molecule has 0 fully saturated rings. The van der Waals surface area contributed by atoms with Gasteiger partial charge in [-0.25, -0.2) is 0 Å². The molecule has 0 heterocycles. The lowest BCUT2D eigenvalue weighted by molar-refractivity contribution is 1.36. The van der Waals surface area contributed by atoms with E-state index in [1.165, 1.54) is 0 Å². The van der Waals surface area contributed by atoms with Crippen LogP contribution in [-0.4, -0.2) is 0 Å². The third kappa shape index (κ3) is 2.61. The first kappa shape index (κ1) is 11.2. The Morgan fingerprint density at radius 1 is 1.08 bits per heavy atom. The lowest BCUT2D eigenvalue weighted by Crippen LogP contribution is -1.86. The summed E-state index contributed by atoms with van der Waals surface area (Å²) in [5.74, 6) is 0. The van der Waals surface area contributed by atoms with Gasteiger partial charge < -0.3 is 0 Å². The molecule has 0 bridgehead atoms. The van der Waals surface area contributed by atoms with Crippen molar-refractivity contribution in [1.29, 1.82) is 10.5 Å². The van der Waals surface area contributed by atoms with E-state index < -0.39 is 0 Å². The smallest absolute Gasteiger partial charge is 0.101 e. The molecule has 1 rings (SSSR count). The number of hydrogen-bond acceptors (Lipinski definition) is 2. The van der Waals surface area contributed by atoms with Crippen molar-refractivity contribution in [3.05, 3.63) is 34.9 Å². The molecule has 1 aromatic carbocycles. The largest absolute Gasteiger partial charge is 0.192 e. The van der Waals surface area contributed by atoms with Gasteiger partial charge in [-0.05, 0) is 18.6 Å². The predicted octanol–water partition coefficient (Wildman–Crippen LogP) is 2.76. The average molecular weight is 172 g/mol. The number of rotatable bonds is 0. The Labute approximate surface area is 79.0 Å². The Morgan fingerprint density at radius 3 is 2.08 bits per heavy atom. The zero-order chi connectivity index (χ0) is 10.3. The van der Waals surface area contributed by atoms with Gasteiger partial charge in [0.15, 0.2) is 0 Å². The molecule has 1 aromatic rings. The third-order valence-corrected chi connectivity index (χ3v) is 1.51. The van der Waals surface area contributed by atoms with Gasteiger partial charge in [0.2, 0.25) is 0 Å². The first-order valence-corrected chi connectivity index (χ1v) is 4.19. The van der Waals surface area contributed by atoms with Crippen molar-refractivity contribution < 1.29 is 0 Å². The summed E-state index contributed by atoms with van der Waals surface area (Å²) in [6, 6.07) is 9.19. The van der Waals surface area contributed by atoms with Crippen LogP contribution in [0.3, 0.4) is 0 Å². The molecule has 0 atom stereocenters. The second-order valence-electron chi connectivity index (χ2n) is 2.22. The Bertz CT molecular complexity index is 353. The van der Waals surface area contributed by atoms with Gasteiger partial charge in [-0.1, -0.05) is 26.0 Å². The van der Waals surface area contributed by atoms with E-state index in [0.717, 1.165) is 5.56 Å². The number of nitriles is 2. The fraction of sp³-hybridized carbons (Fsp3) is 0.273. The molecular weight excluding hydrogens is 160 g/mol. The SMILES string of the molecule is CC.Cc1cccc(C#N)c1C#N. The minimum Gasteiger partial charge on any atom is -0.192 e. The van der Waals surface area contributed by atoms with Crippen LogP contribution in [0.4, 0.5) is 0 Å². The molecule has 66 valence electrons. The van der Waals surface area contributed by atoms with Crippen LogP contribution in [0.2, 0.25) is 0 Å². The lowest BCUT2D eigenvalue weighted by Gasteiger charge is -1.96. The second-order valence-corrected chi connectivity index (χ2v) is 2.22. The Hall–Kier alpha value is -1.80. The molecule has 0 aliphatic rings. The van der Waals surface area contributed by atoms with Crippen LogP contribution in [0.1, 0.15) is 30.5 Å². The monoisotopic (exact) mass is 172 g/mol. The number of benzene rings is 1. The normalized spacial score (nSPS) is 7.46. The summed E-state index contributed by atoms with van der Waals surface area (Å²) in [6.07, 6.45) is 0. The molecule has 0 saturated heterocycles. The summed E-state index contributed by atoms with van der Waals surface area (Å²) in [7, 11) is 0. The van der Waals surface area contributed by atoms with Crippen LogP contribution >= 0.6 is 0 Å². The summed E-state index contributed by atoms with van der Waals surface area (Å²) in [4.78, 5) is 0. The quantitative estimate of drug-likeness (QED) is 0.604. The van der Waals surface area contributed by atoms with Crippen molar-refractivity contribution in [2.24, 2.45) is 0 Å². The molecule has 13 heavy (non-hydrogen) atoms. The summed E-state index contributed by atoms with van der Waals surface area (Å²) in [6.45, 7) is 5.82. The molecule has 0 unspecified atom stereocenters. The van der Waals surface area contributed by atoms with Crippen LogP contribution < -0.4 is 0 Å². The predicted molar refractivity (Wildman–Crippen MR) is 52.0 cm³/mol. The fourth-order valence-electron chi connectivity index (χ4n) is 0.909.